The minimum absolute atomic E-state index is 0.0961. The third-order valence-electron chi connectivity index (χ3n) is 5.29. The number of amides is 2. The average Bonchev–Trinajstić information content (AvgIpc) is 3.22. The molecule has 6 heteroatoms. The SMILES string of the molecule is Cc1nn(CC2CC2)c(C)c1CC(=O)N(C)CCN1CCCC1=O. The summed E-state index contributed by atoms with van der Waals surface area (Å²) in [5, 5.41) is 4.61. The maximum Gasteiger partial charge on any atom is 0.226 e. The van der Waals surface area contributed by atoms with E-state index >= 15 is 0 Å². The van der Waals surface area contributed by atoms with Gasteiger partial charge in [0.1, 0.15) is 0 Å². The smallest absolute Gasteiger partial charge is 0.226 e. The second kappa shape index (κ2) is 6.95. The Hall–Kier alpha value is -1.85. The molecule has 1 aliphatic carbocycles. The zero-order chi connectivity index (χ0) is 17.3. The van der Waals surface area contributed by atoms with Crippen molar-refractivity contribution in [2.45, 2.75) is 52.5 Å². The van der Waals surface area contributed by atoms with Gasteiger partial charge in [0.2, 0.25) is 11.8 Å². The molecule has 1 saturated carbocycles. The topological polar surface area (TPSA) is 58.4 Å². The van der Waals surface area contributed by atoms with Crippen molar-refractivity contribution in [2.75, 3.05) is 26.7 Å². The van der Waals surface area contributed by atoms with Crippen LogP contribution in [0.4, 0.5) is 0 Å². The fourth-order valence-electron chi connectivity index (χ4n) is 3.33. The van der Waals surface area contributed by atoms with Crippen LogP contribution in [0.5, 0.6) is 0 Å². The molecule has 0 aromatic carbocycles. The summed E-state index contributed by atoms with van der Waals surface area (Å²) in [5.41, 5.74) is 3.14. The second-order valence-electron chi connectivity index (χ2n) is 7.25. The van der Waals surface area contributed by atoms with Crippen molar-refractivity contribution < 1.29 is 9.59 Å². The molecule has 0 N–H and O–H groups in total. The number of likely N-dealkylation sites (N-methyl/N-ethyl adjacent to an activating group) is 1. The number of likely N-dealkylation sites (tertiary alicyclic amines) is 1. The summed E-state index contributed by atoms with van der Waals surface area (Å²) in [6.45, 7) is 7.09. The standard InChI is InChI=1S/C18H28N4O2/c1-13-16(14(2)22(19-13)12-15-6-7-15)11-18(24)20(3)9-10-21-8-4-5-17(21)23/h15H,4-12H2,1-3H3. The number of hydrogen-bond donors (Lipinski definition) is 0. The van der Waals surface area contributed by atoms with Crippen LogP contribution >= 0.6 is 0 Å². The van der Waals surface area contributed by atoms with Gasteiger partial charge in [-0.05, 0) is 39.0 Å². The van der Waals surface area contributed by atoms with Crippen LogP contribution in [0.3, 0.4) is 0 Å². The van der Waals surface area contributed by atoms with Gasteiger partial charge in [-0.25, -0.2) is 0 Å². The van der Waals surface area contributed by atoms with Gasteiger partial charge in [0, 0.05) is 50.9 Å². The number of rotatable bonds is 7. The minimum Gasteiger partial charge on any atom is -0.344 e. The van der Waals surface area contributed by atoms with E-state index in [1.165, 1.54) is 12.8 Å². The Balaban J connectivity index is 1.55. The normalized spacial score (nSPS) is 17.6. The Morgan fingerprint density at radius 1 is 1.33 bits per heavy atom. The molecule has 2 heterocycles. The van der Waals surface area contributed by atoms with E-state index in [2.05, 4.69) is 16.7 Å². The Labute approximate surface area is 143 Å². The lowest BCUT2D eigenvalue weighted by Crippen LogP contribution is -2.37. The third kappa shape index (κ3) is 3.79. The Bertz CT molecular complexity index is 633. The van der Waals surface area contributed by atoms with Gasteiger partial charge in [0.25, 0.3) is 0 Å². The minimum atomic E-state index is 0.0961. The molecule has 24 heavy (non-hydrogen) atoms. The lowest BCUT2D eigenvalue weighted by atomic mass is 10.1. The van der Waals surface area contributed by atoms with Crippen molar-refractivity contribution in [1.29, 1.82) is 0 Å². The fourth-order valence-corrected chi connectivity index (χ4v) is 3.33. The molecular weight excluding hydrogens is 304 g/mol. The van der Waals surface area contributed by atoms with Crippen LogP contribution in [0.2, 0.25) is 0 Å². The van der Waals surface area contributed by atoms with Gasteiger partial charge in [0.05, 0.1) is 12.1 Å². The van der Waals surface area contributed by atoms with Crippen molar-refractivity contribution >= 4 is 11.8 Å². The first-order chi connectivity index (χ1) is 11.5. The fraction of sp³-hybridized carbons (Fsp3) is 0.722. The summed E-state index contributed by atoms with van der Waals surface area (Å²) in [5.74, 6) is 1.08. The van der Waals surface area contributed by atoms with Crippen molar-refractivity contribution in [1.82, 2.24) is 19.6 Å². The molecule has 2 aliphatic rings. The van der Waals surface area contributed by atoms with Crippen molar-refractivity contribution in [3.05, 3.63) is 17.0 Å². The van der Waals surface area contributed by atoms with Crippen LogP contribution in [0.25, 0.3) is 0 Å². The predicted octanol–water partition coefficient (Wildman–Crippen LogP) is 1.53. The number of aryl methyl sites for hydroxylation is 1. The number of carbonyl (C=O) groups excluding carboxylic acids is 2. The Morgan fingerprint density at radius 2 is 2.08 bits per heavy atom. The molecule has 1 aliphatic heterocycles. The van der Waals surface area contributed by atoms with E-state index in [1.54, 1.807) is 4.90 Å². The van der Waals surface area contributed by atoms with Gasteiger partial charge in [-0.2, -0.15) is 5.10 Å². The van der Waals surface area contributed by atoms with Gasteiger partial charge in [0.15, 0.2) is 0 Å². The van der Waals surface area contributed by atoms with E-state index in [4.69, 9.17) is 0 Å². The summed E-state index contributed by atoms with van der Waals surface area (Å²) < 4.78 is 2.07. The van der Waals surface area contributed by atoms with Crippen LogP contribution in [0.1, 0.15) is 42.6 Å². The summed E-state index contributed by atoms with van der Waals surface area (Å²) >= 11 is 0. The van der Waals surface area contributed by atoms with Gasteiger partial charge in [-0.1, -0.05) is 0 Å². The molecule has 0 spiro atoms. The van der Waals surface area contributed by atoms with Gasteiger partial charge in [-0.3, -0.25) is 14.3 Å². The molecule has 2 amide bonds. The molecule has 1 aromatic rings. The molecule has 1 saturated heterocycles. The molecule has 1 aromatic heterocycles. The summed E-state index contributed by atoms with van der Waals surface area (Å²) in [7, 11) is 1.82. The zero-order valence-electron chi connectivity index (χ0n) is 15.0. The van der Waals surface area contributed by atoms with Crippen molar-refractivity contribution in [3.8, 4) is 0 Å². The number of aromatic nitrogens is 2. The Morgan fingerprint density at radius 3 is 2.71 bits per heavy atom. The average molecular weight is 332 g/mol. The second-order valence-corrected chi connectivity index (χ2v) is 7.25. The number of carbonyl (C=O) groups is 2. The monoisotopic (exact) mass is 332 g/mol. The first-order valence-corrected chi connectivity index (χ1v) is 9.00. The molecule has 0 unspecified atom stereocenters. The number of hydrogen-bond acceptors (Lipinski definition) is 3. The lowest BCUT2D eigenvalue weighted by molar-refractivity contribution is -0.132. The first-order valence-electron chi connectivity index (χ1n) is 9.00. The molecule has 6 nitrogen and oxygen atoms in total. The summed E-state index contributed by atoms with van der Waals surface area (Å²) in [4.78, 5) is 27.8. The largest absolute Gasteiger partial charge is 0.344 e. The molecule has 0 atom stereocenters. The molecule has 0 radical (unpaired) electrons. The first kappa shape index (κ1) is 17.0. The quantitative estimate of drug-likeness (QED) is 0.761. The van der Waals surface area contributed by atoms with E-state index in [9.17, 15) is 9.59 Å². The highest BCUT2D eigenvalue weighted by Gasteiger charge is 2.25. The van der Waals surface area contributed by atoms with Crippen LogP contribution in [0, 0.1) is 19.8 Å². The highest BCUT2D eigenvalue weighted by atomic mass is 16.2. The molecule has 2 fully saturated rings. The summed E-state index contributed by atoms with van der Waals surface area (Å²) in [6, 6.07) is 0. The molecule has 0 bridgehead atoms. The van der Waals surface area contributed by atoms with E-state index in [0.29, 0.717) is 25.9 Å². The highest BCUT2D eigenvalue weighted by molar-refractivity contribution is 5.80. The summed E-state index contributed by atoms with van der Waals surface area (Å²) in [6.07, 6.45) is 4.58. The van der Waals surface area contributed by atoms with E-state index < -0.39 is 0 Å². The van der Waals surface area contributed by atoms with Crippen LogP contribution in [0.15, 0.2) is 0 Å². The van der Waals surface area contributed by atoms with Crippen LogP contribution < -0.4 is 0 Å². The molecule has 132 valence electrons. The number of nitrogens with zero attached hydrogens (tertiary/aromatic N) is 4. The van der Waals surface area contributed by atoms with Gasteiger partial charge >= 0.3 is 0 Å². The van der Waals surface area contributed by atoms with E-state index in [-0.39, 0.29) is 11.8 Å². The highest BCUT2D eigenvalue weighted by Crippen LogP contribution is 2.31. The predicted molar refractivity (Wildman–Crippen MR) is 91.6 cm³/mol. The van der Waals surface area contributed by atoms with Crippen LogP contribution in [-0.2, 0) is 22.6 Å². The maximum absolute atomic E-state index is 12.5. The lowest BCUT2D eigenvalue weighted by Gasteiger charge is -2.22. The van der Waals surface area contributed by atoms with Crippen molar-refractivity contribution in [2.24, 2.45) is 5.92 Å². The van der Waals surface area contributed by atoms with Crippen molar-refractivity contribution in [3.63, 3.8) is 0 Å². The Kier molecular flexibility index (Phi) is 4.92. The van der Waals surface area contributed by atoms with E-state index in [0.717, 1.165) is 42.4 Å². The van der Waals surface area contributed by atoms with Gasteiger partial charge < -0.3 is 9.80 Å². The maximum atomic E-state index is 12.5. The van der Waals surface area contributed by atoms with Gasteiger partial charge in [-0.15, -0.1) is 0 Å². The molecular formula is C18H28N4O2. The van der Waals surface area contributed by atoms with E-state index in [1.807, 2.05) is 18.9 Å². The third-order valence-corrected chi connectivity index (χ3v) is 5.29. The molecule has 3 rings (SSSR count). The zero-order valence-corrected chi connectivity index (χ0v) is 15.0. The van der Waals surface area contributed by atoms with Crippen LogP contribution in [-0.4, -0.2) is 58.1 Å².